The van der Waals surface area contributed by atoms with Gasteiger partial charge in [0.1, 0.15) is 22.4 Å². The third-order valence-electron chi connectivity index (χ3n) is 11.2. The first-order valence-corrected chi connectivity index (χ1v) is 24.2. The van der Waals surface area contributed by atoms with Gasteiger partial charge in [0.2, 0.25) is 5.78 Å². The number of piperidine rings is 1. The Hall–Kier alpha value is -5.10. The molecule has 2 aliphatic heterocycles. The number of Topliss-reactive ketones (excluding diaryl/α,β-unsaturated/α-hetero) is 1. The zero-order chi connectivity index (χ0) is 49.4. The lowest BCUT2D eigenvalue weighted by atomic mass is 10.0. The summed E-state index contributed by atoms with van der Waals surface area (Å²) in [6, 6.07) is 18.3. The molecular weight excluding hydrogens is 944 g/mol. The monoisotopic (exact) mass is 1020 g/mol. The van der Waals surface area contributed by atoms with E-state index in [9.17, 15) is 14.4 Å². The Morgan fingerprint density at radius 3 is 1.57 bits per heavy atom. The molecule has 0 aliphatic carbocycles. The molecule has 1 fully saturated rings. The Balaban J connectivity index is 0.000000484. The Morgan fingerprint density at radius 2 is 1.16 bits per heavy atom. The molecule has 1 aromatic heterocycles. The van der Waals surface area contributed by atoms with E-state index in [0.29, 0.717) is 19.6 Å². The molecule has 376 valence electrons. The Labute approximate surface area is 422 Å². The molecule has 4 aromatic rings. The topological polar surface area (TPSA) is 162 Å². The number of nitrogens with two attached hydrogens (primary N) is 2. The summed E-state index contributed by atoms with van der Waals surface area (Å²) < 4.78 is 13.7. The zero-order valence-electron chi connectivity index (χ0n) is 42.0. The summed E-state index contributed by atoms with van der Waals surface area (Å²) in [6.45, 7) is 32.4. The lowest BCUT2D eigenvalue weighted by Gasteiger charge is -2.29. The van der Waals surface area contributed by atoms with Crippen molar-refractivity contribution in [2.75, 3.05) is 30.8 Å². The summed E-state index contributed by atoms with van der Waals surface area (Å²) in [4.78, 5) is 41.8. The third-order valence-corrected chi connectivity index (χ3v) is 12.0. The highest BCUT2D eigenvalue weighted by Crippen LogP contribution is 2.32. The molecule has 0 spiro atoms. The maximum atomic E-state index is 12.5. The Bertz CT molecular complexity index is 2230. The standard InChI is InChI=1S/C21H28BrN3O2.C11H16N2O3.C10H16N2.C10H15N.CH4.ClH/c1-6-14-9-8-10-15(7-2)18(14)25-19(22)16-13-24(12-11-17(16)23-25)20(26)27-21(3,4)5;1-11(2,3)16-10(15)13-6-5-9(14)8(7-13)12-4;1-3-8-6-5-7-9(4-2)10(8)12-11;1-3-8-6-5-7-9(4-2)10(8)11;;/h8-10H,6-7,11-13H2,1-5H3;8H,5-7H2,1-3H3;5-7,12H,3-4,11H2,1-2H3;5-7H,3-4,11H2,1-2H3;1H4;1H. The van der Waals surface area contributed by atoms with Crippen LogP contribution in [0.5, 0.6) is 0 Å². The van der Waals surface area contributed by atoms with Crippen molar-refractivity contribution < 1.29 is 23.9 Å². The van der Waals surface area contributed by atoms with Gasteiger partial charge >= 0.3 is 12.2 Å². The quantitative estimate of drug-likeness (QED) is 0.0675. The number of nitrogen functional groups attached to an aromatic ring is 2. The van der Waals surface area contributed by atoms with Crippen LogP contribution in [0.3, 0.4) is 0 Å². The van der Waals surface area contributed by atoms with E-state index in [1.807, 2.05) is 25.5 Å². The number of nitrogens with zero attached hydrogens (tertiary/aromatic N) is 5. The number of likely N-dealkylation sites (tertiary alicyclic amines) is 1. The zero-order valence-corrected chi connectivity index (χ0v) is 44.4. The van der Waals surface area contributed by atoms with Gasteiger partial charge in [-0.15, -0.1) is 12.4 Å². The normalized spacial score (nSPS) is 14.1. The van der Waals surface area contributed by atoms with Gasteiger partial charge in [-0.25, -0.2) is 20.8 Å². The number of hydrazine groups is 1. The fourth-order valence-electron chi connectivity index (χ4n) is 7.59. The van der Waals surface area contributed by atoms with Crippen LogP contribution in [0.15, 0.2) is 59.2 Å². The van der Waals surface area contributed by atoms with Crippen LogP contribution in [-0.4, -0.2) is 74.4 Å². The van der Waals surface area contributed by atoms with E-state index in [-0.39, 0.29) is 44.7 Å². The average molecular weight is 1020 g/mol. The van der Waals surface area contributed by atoms with Gasteiger partial charge in [0.15, 0.2) is 0 Å². The van der Waals surface area contributed by atoms with Gasteiger partial charge in [-0.05, 0) is 129 Å². The number of halogens is 2. The van der Waals surface area contributed by atoms with Crippen LogP contribution in [-0.2, 0) is 65.8 Å². The summed E-state index contributed by atoms with van der Waals surface area (Å²) in [5.41, 5.74) is 20.7. The molecule has 6 rings (SSSR count). The van der Waals surface area contributed by atoms with Crippen molar-refractivity contribution in [1.29, 1.82) is 0 Å². The molecule has 0 radical (unpaired) electrons. The van der Waals surface area contributed by atoms with Crippen molar-refractivity contribution >= 4 is 57.7 Å². The second-order valence-electron chi connectivity index (χ2n) is 18.2. The second kappa shape index (κ2) is 28.4. The van der Waals surface area contributed by atoms with Crippen molar-refractivity contribution in [2.45, 2.75) is 166 Å². The summed E-state index contributed by atoms with van der Waals surface area (Å²) in [6.07, 6.45) is 6.25. The minimum Gasteiger partial charge on any atom is -0.444 e. The minimum absolute atomic E-state index is 0. The van der Waals surface area contributed by atoms with Crippen LogP contribution in [0.4, 0.5) is 21.0 Å². The largest absolute Gasteiger partial charge is 0.444 e. The number of carbonyl (C=O) groups is 3. The summed E-state index contributed by atoms with van der Waals surface area (Å²) in [5.74, 6) is 5.36. The van der Waals surface area contributed by atoms with E-state index in [0.717, 1.165) is 77.9 Å². The van der Waals surface area contributed by atoms with Crippen molar-refractivity contribution in [3.05, 3.63) is 115 Å². The number of anilines is 2. The molecule has 1 unspecified atom stereocenters. The molecule has 0 bridgehead atoms. The highest BCUT2D eigenvalue weighted by molar-refractivity contribution is 9.10. The summed E-state index contributed by atoms with van der Waals surface area (Å²) >= 11 is 3.76. The van der Waals surface area contributed by atoms with Crippen molar-refractivity contribution in [1.82, 2.24) is 19.6 Å². The number of para-hydroxylation sites is 3. The number of rotatable bonds is 8. The molecule has 1 saturated heterocycles. The van der Waals surface area contributed by atoms with E-state index >= 15 is 0 Å². The molecular formula is C53H80BrClN8O5. The minimum atomic E-state index is -0.721. The van der Waals surface area contributed by atoms with Crippen LogP contribution in [0.25, 0.3) is 10.5 Å². The number of aryl methyl sites for hydroxylation is 6. The number of ketones is 1. The number of hydrogen-bond donors (Lipinski definition) is 3. The first-order valence-electron chi connectivity index (χ1n) is 23.4. The van der Waals surface area contributed by atoms with Crippen LogP contribution >= 0.6 is 28.3 Å². The molecule has 3 heterocycles. The van der Waals surface area contributed by atoms with Gasteiger partial charge in [0.05, 0.1) is 23.6 Å². The van der Waals surface area contributed by atoms with Crippen LogP contribution < -0.4 is 17.0 Å². The van der Waals surface area contributed by atoms with Crippen LogP contribution in [0.2, 0.25) is 0 Å². The summed E-state index contributed by atoms with van der Waals surface area (Å²) in [7, 11) is 0. The van der Waals surface area contributed by atoms with Crippen molar-refractivity contribution in [3.8, 4) is 5.69 Å². The van der Waals surface area contributed by atoms with Crippen LogP contribution in [0.1, 0.15) is 142 Å². The number of nitrogens with one attached hydrogen (secondary N) is 1. The molecule has 0 saturated carbocycles. The molecule has 68 heavy (non-hydrogen) atoms. The molecule has 15 heteroatoms. The Morgan fingerprint density at radius 1 is 0.750 bits per heavy atom. The van der Waals surface area contributed by atoms with E-state index in [4.69, 9.17) is 32.7 Å². The number of ether oxygens (including phenoxy) is 2. The van der Waals surface area contributed by atoms with Crippen molar-refractivity contribution in [3.63, 3.8) is 0 Å². The fourth-order valence-corrected chi connectivity index (χ4v) is 8.20. The predicted octanol–water partition coefficient (Wildman–Crippen LogP) is 12.1. The SMILES string of the molecule is C.CCc1cccc(CC)c1-n1nc2c(c1Br)CN(C(=O)OC(C)(C)C)CC2.CCc1cccc(CC)c1N.CCc1cccc(CC)c1NN.Cl.[C-]#[N+]C1CN(C(=O)OC(C)(C)C)CCC1=O. The van der Waals surface area contributed by atoms with Gasteiger partial charge < -0.3 is 30.4 Å². The van der Waals surface area contributed by atoms with Crippen LogP contribution in [0, 0.1) is 6.57 Å². The molecule has 1 atom stereocenters. The number of aromatic nitrogens is 2. The van der Waals surface area contributed by atoms with E-state index in [1.165, 1.54) is 38.3 Å². The molecule has 2 aliphatic rings. The highest BCUT2D eigenvalue weighted by atomic mass is 79.9. The highest BCUT2D eigenvalue weighted by Gasteiger charge is 2.36. The lowest BCUT2D eigenvalue weighted by molar-refractivity contribution is -0.121. The fraction of sp³-hybridized carbons (Fsp3) is 0.528. The molecule has 5 N–H and O–H groups in total. The van der Waals surface area contributed by atoms with E-state index < -0.39 is 23.3 Å². The number of benzene rings is 3. The number of carbonyl (C=O) groups excluding carboxylic acids is 3. The van der Waals surface area contributed by atoms with Gasteiger partial charge in [-0.3, -0.25) is 15.5 Å². The lowest BCUT2D eigenvalue weighted by Crippen LogP contribution is -2.47. The second-order valence-corrected chi connectivity index (χ2v) is 19.0. The van der Waals surface area contributed by atoms with Gasteiger partial charge in [-0.2, -0.15) is 5.10 Å². The summed E-state index contributed by atoms with van der Waals surface area (Å²) in [5, 5.41) is 4.90. The first-order chi connectivity index (χ1) is 31.2. The van der Waals surface area contributed by atoms with Gasteiger partial charge in [0, 0.05) is 37.2 Å². The average Bonchev–Trinajstić information content (AvgIpc) is 3.62. The predicted molar refractivity (Wildman–Crippen MR) is 285 cm³/mol. The van der Waals surface area contributed by atoms with E-state index in [2.05, 4.69) is 122 Å². The smallest absolute Gasteiger partial charge is 0.410 e. The van der Waals surface area contributed by atoms with Crippen molar-refractivity contribution in [2.24, 2.45) is 5.84 Å². The maximum absolute atomic E-state index is 12.5. The van der Waals surface area contributed by atoms with Gasteiger partial charge in [-0.1, -0.05) is 104 Å². The maximum Gasteiger partial charge on any atom is 0.410 e. The number of hydrogen-bond acceptors (Lipinski definition) is 9. The first kappa shape index (κ1) is 60.9. The number of amides is 2. The molecule has 3 aromatic carbocycles. The van der Waals surface area contributed by atoms with Gasteiger partial charge in [0.25, 0.3) is 6.04 Å². The molecule has 2 amide bonds. The molecule has 13 nitrogen and oxygen atoms in total. The van der Waals surface area contributed by atoms with E-state index in [1.54, 1.807) is 25.7 Å². The third kappa shape index (κ3) is 17.1. The Kier molecular flexibility index (Phi) is 25.4. The number of fused-ring (bicyclic) bond motifs is 1.